The summed E-state index contributed by atoms with van der Waals surface area (Å²) in [7, 11) is 1.58. The normalized spacial score (nSPS) is 17.9. The maximum absolute atomic E-state index is 10.0. The summed E-state index contributed by atoms with van der Waals surface area (Å²) >= 11 is 0. The van der Waals surface area contributed by atoms with Crippen LogP contribution in [0, 0.1) is 0 Å². The topological polar surface area (TPSA) is 55.5 Å². The molecule has 0 aromatic heterocycles. The zero-order chi connectivity index (χ0) is 12.6. The number of nitrogens with two attached hydrogens (primary N) is 1. The molecule has 94 valence electrons. The summed E-state index contributed by atoms with van der Waals surface area (Å²) < 4.78 is 5.30. The fourth-order valence-corrected chi connectivity index (χ4v) is 2.38. The first-order valence-corrected chi connectivity index (χ1v) is 6.18. The van der Waals surface area contributed by atoms with E-state index in [1.54, 1.807) is 13.2 Å². The maximum Gasteiger partial charge on any atom is 0.165 e. The van der Waals surface area contributed by atoms with E-state index in [0.29, 0.717) is 11.7 Å². The molecule has 0 saturated heterocycles. The van der Waals surface area contributed by atoms with Gasteiger partial charge >= 0.3 is 0 Å². The van der Waals surface area contributed by atoms with Crippen LogP contribution in [0.25, 0.3) is 0 Å². The van der Waals surface area contributed by atoms with Gasteiger partial charge in [-0.1, -0.05) is 13.8 Å². The third kappa shape index (κ3) is 2.00. The van der Waals surface area contributed by atoms with Crippen LogP contribution in [0.1, 0.15) is 50.2 Å². The number of methoxy groups -OCH3 is 1. The molecular formula is C14H21NO2. The van der Waals surface area contributed by atoms with Crippen molar-refractivity contribution < 1.29 is 9.84 Å². The summed E-state index contributed by atoms with van der Waals surface area (Å²) in [5.74, 6) is 1.11. The molecule has 1 aromatic rings. The first kappa shape index (κ1) is 12.2. The Kier molecular flexibility index (Phi) is 3.04. The van der Waals surface area contributed by atoms with Crippen molar-refractivity contribution in [3.63, 3.8) is 0 Å². The zero-order valence-electron chi connectivity index (χ0n) is 10.8. The SMILES string of the molecule is COc1c(O)cc(C(C)C)cc1C1(N)CCC1. The summed E-state index contributed by atoms with van der Waals surface area (Å²) in [6, 6.07) is 3.86. The monoisotopic (exact) mass is 235 g/mol. The van der Waals surface area contributed by atoms with E-state index in [4.69, 9.17) is 10.5 Å². The third-order valence-electron chi connectivity index (χ3n) is 3.74. The Bertz CT molecular complexity index is 422. The maximum atomic E-state index is 10.0. The second-order valence-electron chi connectivity index (χ2n) is 5.29. The molecule has 0 radical (unpaired) electrons. The van der Waals surface area contributed by atoms with Gasteiger partial charge in [-0.3, -0.25) is 0 Å². The van der Waals surface area contributed by atoms with Gasteiger partial charge in [0, 0.05) is 11.1 Å². The van der Waals surface area contributed by atoms with E-state index < -0.39 is 0 Å². The Morgan fingerprint density at radius 3 is 2.41 bits per heavy atom. The minimum atomic E-state index is -0.312. The van der Waals surface area contributed by atoms with Crippen molar-refractivity contribution >= 4 is 0 Å². The van der Waals surface area contributed by atoms with Gasteiger partial charge in [0.2, 0.25) is 0 Å². The highest BCUT2D eigenvalue weighted by molar-refractivity contribution is 5.52. The van der Waals surface area contributed by atoms with Crippen molar-refractivity contribution in [1.82, 2.24) is 0 Å². The molecule has 0 aliphatic heterocycles. The van der Waals surface area contributed by atoms with Crippen LogP contribution in [0.2, 0.25) is 0 Å². The number of hydrogen-bond acceptors (Lipinski definition) is 3. The van der Waals surface area contributed by atoms with Crippen LogP contribution < -0.4 is 10.5 Å². The fraction of sp³-hybridized carbons (Fsp3) is 0.571. The molecule has 3 N–H and O–H groups in total. The number of ether oxygens (including phenoxy) is 1. The smallest absolute Gasteiger partial charge is 0.165 e. The lowest BCUT2D eigenvalue weighted by Crippen LogP contribution is -2.43. The Morgan fingerprint density at radius 1 is 1.35 bits per heavy atom. The average Bonchev–Trinajstić information content (AvgIpc) is 2.24. The molecule has 0 spiro atoms. The average molecular weight is 235 g/mol. The van der Waals surface area contributed by atoms with Gasteiger partial charge < -0.3 is 15.6 Å². The summed E-state index contributed by atoms with van der Waals surface area (Å²) in [6.07, 6.45) is 3.07. The Labute approximate surface area is 103 Å². The van der Waals surface area contributed by atoms with E-state index in [2.05, 4.69) is 19.9 Å². The van der Waals surface area contributed by atoms with Gasteiger partial charge in [-0.2, -0.15) is 0 Å². The second-order valence-corrected chi connectivity index (χ2v) is 5.29. The van der Waals surface area contributed by atoms with Crippen LogP contribution in [0.15, 0.2) is 12.1 Å². The first-order valence-electron chi connectivity index (χ1n) is 6.18. The largest absolute Gasteiger partial charge is 0.504 e. The number of rotatable bonds is 3. The van der Waals surface area contributed by atoms with E-state index in [0.717, 1.165) is 30.4 Å². The van der Waals surface area contributed by atoms with E-state index in [9.17, 15) is 5.11 Å². The summed E-state index contributed by atoms with van der Waals surface area (Å²) in [5, 5.41) is 10.0. The third-order valence-corrected chi connectivity index (χ3v) is 3.74. The molecule has 1 saturated carbocycles. The molecule has 0 atom stereocenters. The minimum absolute atomic E-state index is 0.199. The molecule has 3 nitrogen and oxygen atoms in total. The van der Waals surface area contributed by atoms with E-state index in [-0.39, 0.29) is 11.3 Å². The molecule has 0 unspecified atom stereocenters. The predicted octanol–water partition coefficient (Wildman–Crippen LogP) is 2.86. The van der Waals surface area contributed by atoms with Crippen molar-refractivity contribution in [3.05, 3.63) is 23.3 Å². The minimum Gasteiger partial charge on any atom is -0.504 e. The zero-order valence-corrected chi connectivity index (χ0v) is 10.8. The lowest BCUT2D eigenvalue weighted by molar-refractivity contribution is 0.240. The van der Waals surface area contributed by atoms with Gasteiger partial charge in [0.25, 0.3) is 0 Å². The fourth-order valence-electron chi connectivity index (χ4n) is 2.38. The first-order chi connectivity index (χ1) is 7.98. The van der Waals surface area contributed by atoms with Gasteiger partial charge in [-0.05, 0) is 42.9 Å². The van der Waals surface area contributed by atoms with Gasteiger partial charge in [0.05, 0.1) is 7.11 Å². The van der Waals surface area contributed by atoms with Crippen molar-refractivity contribution in [2.45, 2.75) is 44.6 Å². The van der Waals surface area contributed by atoms with Crippen molar-refractivity contribution in [3.8, 4) is 11.5 Å². The highest BCUT2D eigenvalue weighted by Gasteiger charge is 2.38. The Balaban J connectivity index is 2.54. The van der Waals surface area contributed by atoms with Crippen molar-refractivity contribution in [1.29, 1.82) is 0 Å². The summed E-state index contributed by atoms with van der Waals surface area (Å²) in [4.78, 5) is 0. The molecule has 0 bridgehead atoms. The summed E-state index contributed by atoms with van der Waals surface area (Å²) in [5.41, 5.74) is 8.10. The number of aromatic hydroxyl groups is 1. The Hall–Kier alpha value is -1.22. The second kappa shape index (κ2) is 4.22. The van der Waals surface area contributed by atoms with Crippen LogP contribution >= 0.6 is 0 Å². The molecule has 2 rings (SSSR count). The number of phenolic OH excluding ortho intramolecular Hbond substituents is 1. The lowest BCUT2D eigenvalue weighted by atomic mass is 9.71. The molecule has 1 aliphatic carbocycles. The highest BCUT2D eigenvalue weighted by atomic mass is 16.5. The van der Waals surface area contributed by atoms with Crippen molar-refractivity contribution in [2.75, 3.05) is 7.11 Å². The molecule has 0 heterocycles. The molecule has 1 fully saturated rings. The highest BCUT2D eigenvalue weighted by Crippen LogP contribution is 2.46. The quantitative estimate of drug-likeness (QED) is 0.847. The molecule has 3 heteroatoms. The number of benzene rings is 1. The number of hydrogen-bond donors (Lipinski definition) is 2. The van der Waals surface area contributed by atoms with Crippen LogP contribution in [0.5, 0.6) is 11.5 Å². The molecule has 1 aromatic carbocycles. The molecular weight excluding hydrogens is 214 g/mol. The van der Waals surface area contributed by atoms with Crippen LogP contribution in [0.3, 0.4) is 0 Å². The standard InChI is InChI=1S/C14H21NO2/c1-9(2)10-7-11(14(15)5-4-6-14)13(17-3)12(16)8-10/h7-9,16H,4-6,15H2,1-3H3. The van der Waals surface area contributed by atoms with Crippen LogP contribution in [-0.4, -0.2) is 12.2 Å². The van der Waals surface area contributed by atoms with E-state index >= 15 is 0 Å². The predicted molar refractivity (Wildman–Crippen MR) is 68.5 cm³/mol. The van der Waals surface area contributed by atoms with Gasteiger partial charge in [0.1, 0.15) is 0 Å². The Morgan fingerprint density at radius 2 is 2.00 bits per heavy atom. The number of phenols is 1. The molecule has 0 amide bonds. The van der Waals surface area contributed by atoms with Crippen LogP contribution in [0.4, 0.5) is 0 Å². The van der Waals surface area contributed by atoms with Gasteiger partial charge in [0.15, 0.2) is 11.5 Å². The van der Waals surface area contributed by atoms with Crippen molar-refractivity contribution in [2.24, 2.45) is 5.73 Å². The lowest BCUT2D eigenvalue weighted by Gasteiger charge is -2.39. The molecule has 1 aliphatic rings. The van der Waals surface area contributed by atoms with E-state index in [1.807, 2.05) is 0 Å². The van der Waals surface area contributed by atoms with E-state index in [1.165, 1.54) is 0 Å². The van der Waals surface area contributed by atoms with Crippen LogP contribution in [-0.2, 0) is 5.54 Å². The van der Waals surface area contributed by atoms with Gasteiger partial charge in [-0.15, -0.1) is 0 Å². The summed E-state index contributed by atoms with van der Waals surface area (Å²) in [6.45, 7) is 4.21. The van der Waals surface area contributed by atoms with Gasteiger partial charge in [-0.25, -0.2) is 0 Å². The molecule has 17 heavy (non-hydrogen) atoms.